The van der Waals surface area contributed by atoms with Gasteiger partial charge in [-0.2, -0.15) is 0 Å². The smallest absolute Gasteiger partial charge is 0.222 e. The van der Waals surface area contributed by atoms with Crippen molar-refractivity contribution in [2.45, 2.75) is 32.6 Å². The number of hydrogen-bond donors (Lipinski definition) is 1. The Morgan fingerprint density at radius 3 is 2.86 bits per heavy atom. The van der Waals surface area contributed by atoms with E-state index in [2.05, 4.69) is 0 Å². The molecule has 0 aromatic heterocycles. The van der Waals surface area contributed by atoms with E-state index in [9.17, 15) is 4.79 Å². The van der Waals surface area contributed by atoms with E-state index >= 15 is 0 Å². The summed E-state index contributed by atoms with van der Waals surface area (Å²) in [5.74, 6) is 0.793. The molecule has 1 saturated carbocycles. The van der Waals surface area contributed by atoms with Gasteiger partial charge in [0.15, 0.2) is 0 Å². The van der Waals surface area contributed by atoms with E-state index in [1.807, 2.05) is 11.8 Å². The van der Waals surface area contributed by atoms with Crippen molar-refractivity contribution >= 4 is 5.91 Å². The number of carbonyl (C=O) groups excluding carboxylic acids is 1. The minimum absolute atomic E-state index is 0.286. The number of hydrogen-bond acceptors (Lipinski definition) is 2. The molecule has 0 radical (unpaired) electrons. The number of likely N-dealkylation sites (tertiary alicyclic amines) is 1. The third-order valence-electron chi connectivity index (χ3n) is 3.80. The van der Waals surface area contributed by atoms with E-state index in [-0.39, 0.29) is 5.91 Å². The normalized spacial score (nSPS) is 36.1. The Balaban J connectivity index is 1.87. The Hall–Kier alpha value is -0.570. The van der Waals surface area contributed by atoms with Crippen molar-refractivity contribution in [2.24, 2.45) is 11.3 Å². The van der Waals surface area contributed by atoms with E-state index in [0.717, 1.165) is 32.4 Å². The number of aliphatic hydroxyl groups excluding tert-OH is 1. The first-order valence-corrected chi connectivity index (χ1v) is 5.58. The molecule has 0 unspecified atom stereocenters. The van der Waals surface area contributed by atoms with E-state index < -0.39 is 0 Å². The second kappa shape index (κ2) is 3.54. The topological polar surface area (TPSA) is 40.5 Å². The van der Waals surface area contributed by atoms with E-state index in [0.29, 0.717) is 24.4 Å². The minimum Gasteiger partial charge on any atom is -0.396 e. The first kappa shape index (κ1) is 9.97. The molecule has 1 amide bonds. The van der Waals surface area contributed by atoms with Gasteiger partial charge in [-0.25, -0.2) is 0 Å². The summed E-state index contributed by atoms with van der Waals surface area (Å²) in [6.45, 7) is 4.12. The van der Waals surface area contributed by atoms with Crippen LogP contribution in [0.3, 0.4) is 0 Å². The van der Waals surface area contributed by atoms with Gasteiger partial charge in [0.25, 0.3) is 0 Å². The van der Waals surface area contributed by atoms with Crippen molar-refractivity contribution < 1.29 is 9.90 Å². The van der Waals surface area contributed by atoms with Crippen molar-refractivity contribution in [3.05, 3.63) is 0 Å². The van der Waals surface area contributed by atoms with E-state index in [1.54, 1.807) is 0 Å². The Bertz CT molecular complexity index is 233. The SMILES string of the molecule is CCC(=O)N1CCC2(CC(CO)C2)C1. The molecule has 1 aliphatic carbocycles. The highest BCUT2D eigenvalue weighted by atomic mass is 16.3. The number of amides is 1. The molecule has 0 atom stereocenters. The molecule has 1 heterocycles. The molecule has 3 nitrogen and oxygen atoms in total. The molecule has 0 bridgehead atoms. The highest BCUT2D eigenvalue weighted by Crippen LogP contribution is 2.51. The summed E-state index contributed by atoms with van der Waals surface area (Å²) < 4.78 is 0. The van der Waals surface area contributed by atoms with Gasteiger partial charge in [0, 0.05) is 26.1 Å². The quantitative estimate of drug-likeness (QED) is 0.718. The molecule has 1 spiro atoms. The number of carbonyl (C=O) groups is 1. The van der Waals surface area contributed by atoms with Crippen molar-refractivity contribution in [1.82, 2.24) is 4.90 Å². The molecule has 1 saturated heterocycles. The second-order valence-electron chi connectivity index (χ2n) is 4.88. The zero-order valence-electron chi connectivity index (χ0n) is 8.83. The lowest BCUT2D eigenvalue weighted by Gasteiger charge is -2.44. The predicted molar refractivity (Wildman–Crippen MR) is 53.7 cm³/mol. The van der Waals surface area contributed by atoms with Crippen molar-refractivity contribution in [1.29, 1.82) is 0 Å². The Morgan fingerprint density at radius 1 is 1.57 bits per heavy atom. The van der Waals surface area contributed by atoms with Gasteiger partial charge in [-0.15, -0.1) is 0 Å². The Kier molecular flexibility index (Phi) is 2.52. The summed E-state index contributed by atoms with van der Waals surface area (Å²) in [6.07, 6.45) is 4.02. The largest absolute Gasteiger partial charge is 0.396 e. The van der Waals surface area contributed by atoms with Crippen LogP contribution in [-0.4, -0.2) is 35.6 Å². The molecule has 2 rings (SSSR count). The lowest BCUT2D eigenvalue weighted by Crippen LogP contribution is -2.42. The summed E-state index contributed by atoms with van der Waals surface area (Å²) in [6, 6.07) is 0. The van der Waals surface area contributed by atoms with Crippen LogP contribution in [0.2, 0.25) is 0 Å². The molecule has 2 aliphatic rings. The molecule has 0 aromatic rings. The summed E-state index contributed by atoms with van der Waals surface area (Å²) in [5.41, 5.74) is 0.387. The lowest BCUT2D eigenvalue weighted by atomic mass is 9.62. The molecule has 1 aliphatic heterocycles. The first-order valence-electron chi connectivity index (χ1n) is 5.58. The van der Waals surface area contributed by atoms with Crippen LogP contribution in [0.4, 0.5) is 0 Å². The fourth-order valence-corrected chi connectivity index (χ4v) is 3.00. The van der Waals surface area contributed by atoms with Gasteiger partial charge >= 0.3 is 0 Å². The molecular formula is C11H19NO2. The monoisotopic (exact) mass is 197 g/mol. The highest BCUT2D eigenvalue weighted by molar-refractivity contribution is 5.76. The third-order valence-corrected chi connectivity index (χ3v) is 3.80. The molecule has 2 fully saturated rings. The van der Waals surface area contributed by atoms with Crippen LogP contribution >= 0.6 is 0 Å². The third kappa shape index (κ3) is 1.54. The molecule has 0 aromatic carbocycles. The summed E-state index contributed by atoms with van der Waals surface area (Å²) in [7, 11) is 0. The highest BCUT2D eigenvalue weighted by Gasteiger charge is 2.48. The molecular weight excluding hydrogens is 178 g/mol. The summed E-state index contributed by atoms with van der Waals surface area (Å²) in [4.78, 5) is 13.5. The predicted octanol–water partition coefficient (Wildman–Crippen LogP) is 1.02. The maximum Gasteiger partial charge on any atom is 0.222 e. The van der Waals surface area contributed by atoms with Crippen molar-refractivity contribution in [3.63, 3.8) is 0 Å². The van der Waals surface area contributed by atoms with Crippen LogP contribution in [0, 0.1) is 11.3 Å². The van der Waals surface area contributed by atoms with Crippen LogP contribution in [0.25, 0.3) is 0 Å². The average Bonchev–Trinajstić information content (AvgIpc) is 2.58. The Morgan fingerprint density at radius 2 is 2.29 bits per heavy atom. The van der Waals surface area contributed by atoms with Crippen LogP contribution in [0.5, 0.6) is 0 Å². The van der Waals surface area contributed by atoms with Crippen molar-refractivity contribution in [3.8, 4) is 0 Å². The van der Waals surface area contributed by atoms with E-state index in [1.165, 1.54) is 0 Å². The second-order valence-corrected chi connectivity index (χ2v) is 4.88. The van der Waals surface area contributed by atoms with Gasteiger partial charge in [-0.3, -0.25) is 4.79 Å². The van der Waals surface area contributed by atoms with Crippen LogP contribution in [0.15, 0.2) is 0 Å². The Labute approximate surface area is 85.1 Å². The van der Waals surface area contributed by atoms with Gasteiger partial charge < -0.3 is 10.0 Å². The summed E-state index contributed by atoms with van der Waals surface area (Å²) >= 11 is 0. The fourth-order valence-electron chi connectivity index (χ4n) is 3.00. The van der Waals surface area contributed by atoms with Gasteiger partial charge in [-0.1, -0.05) is 6.92 Å². The van der Waals surface area contributed by atoms with E-state index in [4.69, 9.17) is 5.11 Å². The van der Waals surface area contributed by atoms with Crippen molar-refractivity contribution in [2.75, 3.05) is 19.7 Å². The standard InChI is InChI=1S/C11H19NO2/c1-2-10(14)12-4-3-11(8-12)5-9(6-11)7-13/h9,13H,2-8H2,1H3. The molecule has 3 heteroatoms. The summed E-state index contributed by atoms with van der Waals surface area (Å²) in [5, 5.41) is 8.97. The van der Waals surface area contributed by atoms with Gasteiger partial charge in [-0.05, 0) is 30.6 Å². The van der Waals surface area contributed by atoms with Gasteiger partial charge in [0.2, 0.25) is 5.91 Å². The van der Waals surface area contributed by atoms with Crippen LogP contribution in [0.1, 0.15) is 32.6 Å². The van der Waals surface area contributed by atoms with Gasteiger partial charge in [0.05, 0.1) is 0 Å². The first-order chi connectivity index (χ1) is 6.69. The van der Waals surface area contributed by atoms with Gasteiger partial charge in [0.1, 0.15) is 0 Å². The fraction of sp³-hybridized carbons (Fsp3) is 0.909. The zero-order valence-corrected chi connectivity index (χ0v) is 8.83. The average molecular weight is 197 g/mol. The zero-order chi connectivity index (χ0) is 10.2. The minimum atomic E-state index is 0.286. The number of aliphatic hydroxyl groups is 1. The number of nitrogens with zero attached hydrogens (tertiary/aromatic N) is 1. The molecule has 1 N–H and O–H groups in total. The lowest BCUT2D eigenvalue weighted by molar-refractivity contribution is -0.130. The number of rotatable bonds is 2. The maximum absolute atomic E-state index is 11.5. The van der Waals surface area contributed by atoms with Crippen LogP contribution in [-0.2, 0) is 4.79 Å². The maximum atomic E-state index is 11.5. The molecule has 80 valence electrons. The van der Waals surface area contributed by atoms with Crippen LogP contribution < -0.4 is 0 Å². The molecule has 14 heavy (non-hydrogen) atoms.